The lowest BCUT2D eigenvalue weighted by molar-refractivity contribution is -0.317. The predicted octanol–water partition coefficient (Wildman–Crippen LogP) is 6.38. The third kappa shape index (κ3) is 6.42. The molecule has 214 valence electrons. The third-order valence-corrected chi connectivity index (χ3v) is 8.29. The number of fused-ring (bicyclic) bond motifs is 1. The highest BCUT2D eigenvalue weighted by Crippen LogP contribution is 2.41. The fourth-order valence-corrected chi connectivity index (χ4v) is 6.07. The average Bonchev–Trinajstić information content (AvgIpc) is 3.04. The first kappa shape index (κ1) is 28.2. The number of hydrogen-bond acceptors (Lipinski definition) is 8. The van der Waals surface area contributed by atoms with Gasteiger partial charge in [-0.05, 0) is 43.3 Å². The van der Waals surface area contributed by atoms with Crippen LogP contribution in [0.15, 0.2) is 120 Å². The highest BCUT2D eigenvalue weighted by Gasteiger charge is 2.54. The quantitative estimate of drug-likeness (QED) is 0.232. The Morgan fingerprint density at radius 1 is 0.690 bits per heavy atom. The van der Waals surface area contributed by atoms with Crippen molar-refractivity contribution in [2.45, 2.75) is 48.0 Å². The molecule has 0 unspecified atom stereocenters. The van der Waals surface area contributed by atoms with Gasteiger partial charge in [0.25, 0.3) is 0 Å². The number of hydrogen-bond donors (Lipinski definition) is 0. The first-order valence-corrected chi connectivity index (χ1v) is 14.7. The molecule has 2 aliphatic heterocycles. The SMILES string of the molecule is Cc1ccc(S[C@@H]2O[C@@H]3CO[C@@H](c4ccccc4)O[C@H]3[C@H](OC(=O)c3ccccc3)[C@H]2OC(=O)c2ccccc2)cc1. The van der Waals surface area contributed by atoms with Gasteiger partial charge >= 0.3 is 11.9 Å². The van der Waals surface area contributed by atoms with Gasteiger partial charge in [0.1, 0.15) is 17.6 Å². The molecular weight excluding hydrogens is 552 g/mol. The first-order valence-electron chi connectivity index (χ1n) is 13.8. The minimum atomic E-state index is -0.993. The minimum Gasteiger partial charge on any atom is -0.452 e. The summed E-state index contributed by atoms with van der Waals surface area (Å²) in [7, 11) is 0. The zero-order valence-corrected chi connectivity index (χ0v) is 23.7. The monoisotopic (exact) mass is 582 g/mol. The van der Waals surface area contributed by atoms with Crippen molar-refractivity contribution in [2.24, 2.45) is 0 Å². The Labute approximate surface area is 248 Å². The maximum absolute atomic E-state index is 13.4. The van der Waals surface area contributed by atoms with E-state index in [0.717, 1.165) is 16.0 Å². The van der Waals surface area contributed by atoms with Crippen LogP contribution in [0, 0.1) is 6.92 Å². The molecule has 0 aliphatic carbocycles. The number of aryl methyl sites for hydroxylation is 1. The van der Waals surface area contributed by atoms with Gasteiger partial charge in [-0.1, -0.05) is 96.2 Å². The third-order valence-electron chi connectivity index (χ3n) is 7.13. The number of esters is 2. The van der Waals surface area contributed by atoms with Crippen LogP contribution in [0.1, 0.15) is 38.1 Å². The van der Waals surface area contributed by atoms with Gasteiger partial charge in [-0.2, -0.15) is 0 Å². The average molecular weight is 583 g/mol. The highest BCUT2D eigenvalue weighted by molar-refractivity contribution is 7.99. The van der Waals surface area contributed by atoms with Gasteiger partial charge in [-0.3, -0.25) is 0 Å². The number of thioether (sulfide) groups is 1. The lowest BCUT2D eigenvalue weighted by Crippen LogP contribution is -2.63. The van der Waals surface area contributed by atoms with E-state index in [-0.39, 0.29) is 6.61 Å². The van der Waals surface area contributed by atoms with Crippen LogP contribution in [0.3, 0.4) is 0 Å². The van der Waals surface area contributed by atoms with Crippen molar-refractivity contribution < 1.29 is 33.3 Å². The molecule has 2 saturated heterocycles. The number of ether oxygens (including phenoxy) is 5. The lowest BCUT2D eigenvalue weighted by atomic mass is 9.98. The van der Waals surface area contributed by atoms with E-state index in [9.17, 15) is 9.59 Å². The molecule has 0 saturated carbocycles. The van der Waals surface area contributed by atoms with Crippen LogP contribution in [-0.2, 0) is 23.7 Å². The standard InChI is InChI=1S/C34H30O7S/c1-22-17-19-26(20-18-22)42-34-30(40-32(36)24-13-7-3-8-14-24)29(39-31(35)23-11-5-2-6-12-23)28-27(38-34)21-37-33(41-28)25-15-9-4-10-16-25/h2-20,27-30,33-34H,21H2,1H3/t27-,28-,29+,30-,33-,34+/m1/s1. The Morgan fingerprint density at radius 3 is 1.83 bits per heavy atom. The molecule has 4 aromatic rings. The Hall–Kier alpha value is -3.95. The van der Waals surface area contributed by atoms with Gasteiger partial charge in [0.15, 0.2) is 18.5 Å². The molecule has 0 bridgehead atoms. The molecule has 0 amide bonds. The Bertz CT molecular complexity index is 1480. The van der Waals surface area contributed by atoms with Crippen molar-refractivity contribution in [3.05, 3.63) is 138 Å². The molecule has 2 fully saturated rings. The molecule has 7 nitrogen and oxygen atoms in total. The molecular formula is C34H30O7S. The van der Waals surface area contributed by atoms with Crippen molar-refractivity contribution in [2.75, 3.05) is 6.61 Å². The number of carbonyl (C=O) groups is 2. The maximum Gasteiger partial charge on any atom is 0.338 e. The molecule has 6 atom stereocenters. The number of benzene rings is 4. The van der Waals surface area contributed by atoms with E-state index in [4.69, 9.17) is 23.7 Å². The Balaban J connectivity index is 1.36. The van der Waals surface area contributed by atoms with Crippen molar-refractivity contribution in [1.82, 2.24) is 0 Å². The highest BCUT2D eigenvalue weighted by atomic mass is 32.2. The molecule has 0 radical (unpaired) electrons. The van der Waals surface area contributed by atoms with Crippen LogP contribution in [0.2, 0.25) is 0 Å². The second-order valence-electron chi connectivity index (χ2n) is 10.1. The van der Waals surface area contributed by atoms with Gasteiger partial charge in [0, 0.05) is 10.5 Å². The van der Waals surface area contributed by atoms with Gasteiger partial charge in [-0.25, -0.2) is 9.59 Å². The summed E-state index contributed by atoms with van der Waals surface area (Å²) in [5, 5.41) is 0. The minimum absolute atomic E-state index is 0.202. The topological polar surface area (TPSA) is 80.3 Å². The van der Waals surface area contributed by atoms with Crippen molar-refractivity contribution in [3.8, 4) is 0 Å². The van der Waals surface area contributed by atoms with Crippen LogP contribution in [0.25, 0.3) is 0 Å². The molecule has 0 N–H and O–H groups in total. The van der Waals surface area contributed by atoms with E-state index in [1.165, 1.54) is 11.8 Å². The van der Waals surface area contributed by atoms with Gasteiger partial charge in [-0.15, -0.1) is 0 Å². The van der Waals surface area contributed by atoms with Crippen molar-refractivity contribution in [1.29, 1.82) is 0 Å². The second kappa shape index (κ2) is 12.9. The Morgan fingerprint density at radius 2 is 1.24 bits per heavy atom. The fourth-order valence-electron chi connectivity index (χ4n) is 4.96. The predicted molar refractivity (Wildman–Crippen MR) is 157 cm³/mol. The molecule has 0 aromatic heterocycles. The van der Waals surface area contributed by atoms with Crippen LogP contribution in [0.4, 0.5) is 0 Å². The number of carbonyl (C=O) groups excluding carboxylic acids is 2. The van der Waals surface area contributed by atoms with E-state index in [1.54, 1.807) is 48.5 Å². The normalized spacial score (nSPS) is 25.2. The van der Waals surface area contributed by atoms with Crippen LogP contribution >= 0.6 is 11.8 Å². The summed E-state index contributed by atoms with van der Waals surface area (Å²) in [5.41, 5.74) is 1.98. The van der Waals surface area contributed by atoms with Gasteiger partial charge in [0.05, 0.1) is 17.7 Å². The smallest absolute Gasteiger partial charge is 0.338 e. The molecule has 2 heterocycles. The Kier molecular flexibility index (Phi) is 8.67. The number of rotatable bonds is 7. The molecule has 8 heteroatoms. The summed E-state index contributed by atoms with van der Waals surface area (Å²) >= 11 is 1.40. The van der Waals surface area contributed by atoms with Crippen molar-refractivity contribution >= 4 is 23.7 Å². The van der Waals surface area contributed by atoms with E-state index >= 15 is 0 Å². The van der Waals surface area contributed by atoms with Gasteiger partial charge < -0.3 is 23.7 Å². The summed E-state index contributed by atoms with van der Waals surface area (Å²) in [6.07, 6.45) is -4.02. The molecule has 4 aromatic carbocycles. The summed E-state index contributed by atoms with van der Waals surface area (Å²) < 4.78 is 31.3. The van der Waals surface area contributed by atoms with Crippen LogP contribution in [0.5, 0.6) is 0 Å². The fraction of sp³-hybridized carbons (Fsp3) is 0.235. The summed E-state index contributed by atoms with van der Waals surface area (Å²) in [5.74, 6) is -1.10. The van der Waals surface area contributed by atoms with Crippen LogP contribution in [-0.4, -0.2) is 48.4 Å². The first-order chi connectivity index (χ1) is 20.5. The zero-order chi connectivity index (χ0) is 28.9. The zero-order valence-electron chi connectivity index (χ0n) is 22.9. The van der Waals surface area contributed by atoms with E-state index in [0.29, 0.717) is 11.1 Å². The summed E-state index contributed by atoms with van der Waals surface area (Å²) in [6, 6.07) is 34.9. The van der Waals surface area contributed by atoms with E-state index < -0.39 is 48.1 Å². The second-order valence-corrected chi connectivity index (χ2v) is 11.3. The lowest BCUT2D eigenvalue weighted by Gasteiger charge is -2.48. The maximum atomic E-state index is 13.4. The summed E-state index contributed by atoms with van der Waals surface area (Å²) in [4.78, 5) is 27.8. The molecule has 42 heavy (non-hydrogen) atoms. The van der Waals surface area contributed by atoms with E-state index in [2.05, 4.69) is 0 Å². The molecule has 0 spiro atoms. The van der Waals surface area contributed by atoms with Gasteiger partial charge in [0.2, 0.25) is 0 Å². The molecule has 6 rings (SSSR count). The van der Waals surface area contributed by atoms with E-state index in [1.807, 2.05) is 73.7 Å². The van der Waals surface area contributed by atoms with Crippen molar-refractivity contribution in [3.63, 3.8) is 0 Å². The van der Waals surface area contributed by atoms with Crippen LogP contribution < -0.4 is 0 Å². The molecule has 2 aliphatic rings. The largest absolute Gasteiger partial charge is 0.452 e. The summed E-state index contributed by atoms with van der Waals surface area (Å²) in [6.45, 7) is 2.22.